The Balaban J connectivity index is 1.94. The number of rotatable bonds is 5. The van der Waals surface area contributed by atoms with Gasteiger partial charge in [-0.2, -0.15) is 0 Å². The van der Waals surface area contributed by atoms with Crippen LogP contribution >= 0.6 is 0 Å². The second kappa shape index (κ2) is 7.14. The molecule has 1 atom stereocenters. The van der Waals surface area contributed by atoms with E-state index in [4.69, 9.17) is 0 Å². The number of quaternary nitrogens is 2. The van der Waals surface area contributed by atoms with Crippen LogP contribution in [0.2, 0.25) is 0 Å². The molecular formula is C14H19FN3O3+. The summed E-state index contributed by atoms with van der Waals surface area (Å²) in [7, 11) is 0. The third-order valence-electron chi connectivity index (χ3n) is 3.63. The smallest absolute Gasteiger partial charge is 0.230 e. The second-order valence-electron chi connectivity index (χ2n) is 5.16. The van der Waals surface area contributed by atoms with Crippen LogP contribution in [0.25, 0.3) is 0 Å². The van der Waals surface area contributed by atoms with Gasteiger partial charge in [0.25, 0.3) is 0 Å². The molecule has 0 saturated carbocycles. The van der Waals surface area contributed by atoms with Crippen LogP contribution in [0.3, 0.4) is 0 Å². The van der Waals surface area contributed by atoms with E-state index in [1.807, 2.05) is 0 Å². The summed E-state index contributed by atoms with van der Waals surface area (Å²) >= 11 is 0. The Bertz CT molecular complexity index is 501. The van der Waals surface area contributed by atoms with Crippen LogP contribution in [0.1, 0.15) is 6.42 Å². The van der Waals surface area contributed by atoms with Gasteiger partial charge in [-0.3, -0.25) is 4.79 Å². The van der Waals surface area contributed by atoms with Gasteiger partial charge in [0.1, 0.15) is 38.0 Å². The minimum atomic E-state index is -1.21. The highest BCUT2D eigenvalue weighted by molar-refractivity contribution is 5.93. The number of halogens is 1. The van der Waals surface area contributed by atoms with Gasteiger partial charge in [0.05, 0.1) is 12.4 Å². The number of anilines is 1. The fourth-order valence-electron chi connectivity index (χ4n) is 2.52. The van der Waals surface area contributed by atoms with Gasteiger partial charge in [-0.05, 0) is 24.3 Å². The molecule has 114 valence electrons. The molecule has 0 spiro atoms. The molecule has 0 aliphatic carbocycles. The van der Waals surface area contributed by atoms with Crippen LogP contribution in [-0.4, -0.2) is 44.1 Å². The summed E-state index contributed by atoms with van der Waals surface area (Å²) in [6.07, 6.45) is -0.144. The highest BCUT2D eigenvalue weighted by atomic mass is 19.1. The van der Waals surface area contributed by atoms with Crippen LogP contribution in [0.4, 0.5) is 10.1 Å². The summed E-state index contributed by atoms with van der Waals surface area (Å²) in [5.41, 5.74) is 0.445. The lowest BCUT2D eigenvalue weighted by atomic mass is 10.1. The third kappa shape index (κ3) is 4.51. The molecule has 7 heteroatoms. The first-order valence-electron chi connectivity index (χ1n) is 6.99. The molecule has 1 amide bonds. The summed E-state index contributed by atoms with van der Waals surface area (Å²) in [6, 6.07) is 4.49. The van der Waals surface area contributed by atoms with E-state index in [1.54, 1.807) is 0 Å². The summed E-state index contributed by atoms with van der Waals surface area (Å²) in [6.45, 7) is 3.09. The number of piperazine rings is 1. The monoisotopic (exact) mass is 296 g/mol. The second-order valence-corrected chi connectivity index (χ2v) is 5.16. The molecule has 1 aromatic rings. The maximum atomic E-state index is 12.8. The third-order valence-corrected chi connectivity index (χ3v) is 3.63. The summed E-state index contributed by atoms with van der Waals surface area (Å²) in [4.78, 5) is 24.1. The Morgan fingerprint density at radius 1 is 1.29 bits per heavy atom. The first-order valence-corrected chi connectivity index (χ1v) is 6.99. The minimum absolute atomic E-state index is 0.144. The Morgan fingerprint density at radius 3 is 2.48 bits per heavy atom. The SMILES string of the molecule is O=C(C[C@@H](C(=O)[O-])[NH+]1CC[NH2+]CC1)Nc1ccc(F)cc1. The minimum Gasteiger partial charge on any atom is -0.544 e. The van der Waals surface area contributed by atoms with Gasteiger partial charge in [0.2, 0.25) is 5.91 Å². The zero-order valence-electron chi connectivity index (χ0n) is 11.6. The van der Waals surface area contributed by atoms with Crippen LogP contribution in [0, 0.1) is 5.82 Å². The summed E-state index contributed by atoms with van der Waals surface area (Å²) in [5.74, 6) is -2.01. The highest BCUT2D eigenvalue weighted by Crippen LogP contribution is 2.08. The number of hydrogen-bond donors (Lipinski definition) is 3. The molecule has 0 aromatic heterocycles. The Kier molecular flexibility index (Phi) is 5.24. The fraction of sp³-hybridized carbons (Fsp3) is 0.429. The molecule has 2 rings (SSSR count). The lowest BCUT2D eigenvalue weighted by Crippen LogP contribution is -3.24. The topological polar surface area (TPSA) is 90.3 Å². The standard InChI is InChI=1S/C14H18FN3O3/c15-10-1-3-11(4-2-10)17-13(19)9-12(14(20)21)18-7-5-16-6-8-18/h1-4,12,16H,5-9H2,(H,17,19)(H,20,21)/p+1/t12-/m0/s1. The molecular weight excluding hydrogens is 277 g/mol. The van der Waals surface area contributed by atoms with Gasteiger partial charge < -0.3 is 25.4 Å². The van der Waals surface area contributed by atoms with Crippen molar-refractivity contribution in [3.8, 4) is 0 Å². The van der Waals surface area contributed by atoms with E-state index in [-0.39, 0.29) is 6.42 Å². The van der Waals surface area contributed by atoms with Gasteiger partial charge in [-0.25, -0.2) is 4.39 Å². The predicted molar refractivity (Wildman–Crippen MR) is 70.8 cm³/mol. The first kappa shape index (κ1) is 15.4. The van der Waals surface area contributed by atoms with Crippen molar-refractivity contribution in [3.63, 3.8) is 0 Å². The number of carbonyl (C=O) groups excluding carboxylic acids is 2. The van der Waals surface area contributed by atoms with Gasteiger partial charge in [0.15, 0.2) is 0 Å². The molecule has 0 unspecified atom stereocenters. The summed E-state index contributed by atoms with van der Waals surface area (Å²) in [5, 5.41) is 16.0. The van der Waals surface area contributed by atoms with Gasteiger partial charge in [-0.15, -0.1) is 0 Å². The molecule has 1 heterocycles. The maximum Gasteiger partial charge on any atom is 0.230 e. The number of hydrogen-bond acceptors (Lipinski definition) is 3. The quantitative estimate of drug-likeness (QED) is 0.533. The van der Waals surface area contributed by atoms with Crippen molar-refractivity contribution in [2.75, 3.05) is 31.5 Å². The normalized spacial score (nSPS) is 17.2. The number of carboxylic acid groups (broad SMARTS) is 1. The Hall–Kier alpha value is -1.99. The number of aliphatic carboxylic acids is 1. The van der Waals surface area contributed by atoms with E-state index in [2.05, 4.69) is 10.6 Å². The van der Waals surface area contributed by atoms with Crippen molar-refractivity contribution < 1.29 is 29.3 Å². The molecule has 6 nitrogen and oxygen atoms in total. The van der Waals surface area contributed by atoms with Crippen molar-refractivity contribution in [2.45, 2.75) is 12.5 Å². The first-order chi connectivity index (χ1) is 10.1. The Labute approximate surface area is 121 Å². The van der Waals surface area contributed by atoms with Crippen LogP contribution in [0.5, 0.6) is 0 Å². The summed E-state index contributed by atoms with van der Waals surface area (Å²) < 4.78 is 12.8. The van der Waals surface area contributed by atoms with Crippen LogP contribution < -0.4 is 20.6 Å². The zero-order valence-corrected chi connectivity index (χ0v) is 11.6. The van der Waals surface area contributed by atoms with E-state index in [9.17, 15) is 19.1 Å². The van der Waals surface area contributed by atoms with E-state index >= 15 is 0 Å². The average molecular weight is 296 g/mol. The molecule has 21 heavy (non-hydrogen) atoms. The fourth-order valence-corrected chi connectivity index (χ4v) is 2.52. The molecule has 1 aliphatic heterocycles. The van der Waals surface area contributed by atoms with Crippen LogP contribution in [-0.2, 0) is 9.59 Å². The van der Waals surface area contributed by atoms with E-state index < -0.39 is 23.7 Å². The predicted octanol–water partition coefficient (Wildman–Crippen LogP) is -3.27. The average Bonchev–Trinajstić information content (AvgIpc) is 2.48. The maximum absolute atomic E-state index is 12.8. The number of nitrogens with two attached hydrogens (primary N) is 1. The number of carbonyl (C=O) groups is 2. The van der Waals surface area contributed by atoms with E-state index in [0.29, 0.717) is 18.8 Å². The van der Waals surface area contributed by atoms with Gasteiger partial charge in [0, 0.05) is 5.69 Å². The molecule has 0 bridgehead atoms. The number of benzene rings is 1. The van der Waals surface area contributed by atoms with Crippen molar-refractivity contribution in [1.82, 2.24) is 0 Å². The molecule has 1 aliphatic rings. The van der Waals surface area contributed by atoms with E-state index in [0.717, 1.165) is 18.0 Å². The van der Waals surface area contributed by atoms with Crippen LogP contribution in [0.15, 0.2) is 24.3 Å². The number of carboxylic acids is 1. The molecule has 4 N–H and O–H groups in total. The highest BCUT2D eigenvalue weighted by Gasteiger charge is 2.29. The Morgan fingerprint density at radius 2 is 1.90 bits per heavy atom. The zero-order chi connectivity index (χ0) is 15.2. The molecule has 1 saturated heterocycles. The molecule has 1 fully saturated rings. The molecule has 1 aromatic carbocycles. The number of amides is 1. The van der Waals surface area contributed by atoms with Gasteiger partial charge in [-0.1, -0.05) is 0 Å². The molecule has 0 radical (unpaired) electrons. The van der Waals surface area contributed by atoms with Crippen molar-refractivity contribution >= 4 is 17.6 Å². The number of nitrogens with one attached hydrogen (secondary N) is 2. The van der Waals surface area contributed by atoms with Crippen molar-refractivity contribution in [3.05, 3.63) is 30.1 Å². The van der Waals surface area contributed by atoms with Crippen molar-refractivity contribution in [2.24, 2.45) is 0 Å². The van der Waals surface area contributed by atoms with E-state index in [1.165, 1.54) is 24.3 Å². The lowest BCUT2D eigenvalue weighted by molar-refractivity contribution is -0.961. The van der Waals surface area contributed by atoms with Gasteiger partial charge >= 0.3 is 0 Å². The lowest BCUT2D eigenvalue weighted by Gasteiger charge is -2.30. The van der Waals surface area contributed by atoms with Crippen molar-refractivity contribution in [1.29, 1.82) is 0 Å². The largest absolute Gasteiger partial charge is 0.544 e.